The fourth-order valence-corrected chi connectivity index (χ4v) is 3.50. The predicted molar refractivity (Wildman–Crippen MR) is 109 cm³/mol. The summed E-state index contributed by atoms with van der Waals surface area (Å²) in [6.07, 6.45) is 0. The molecule has 0 heterocycles. The Hall–Kier alpha value is -2.62. The van der Waals surface area contributed by atoms with E-state index < -0.39 is 10.0 Å². The zero-order chi connectivity index (χ0) is 21.6. The van der Waals surface area contributed by atoms with Gasteiger partial charge in [0.05, 0.1) is 32.2 Å². The predicted octanol–water partition coefficient (Wildman–Crippen LogP) is 0.243. The summed E-state index contributed by atoms with van der Waals surface area (Å²) in [4.78, 5) is 13.4. The Morgan fingerprint density at radius 3 is 2.34 bits per heavy atom. The Morgan fingerprint density at radius 1 is 1.14 bits per heavy atom. The van der Waals surface area contributed by atoms with Crippen molar-refractivity contribution >= 4 is 15.9 Å². The van der Waals surface area contributed by atoms with Crippen LogP contribution >= 0.6 is 0 Å². The van der Waals surface area contributed by atoms with Gasteiger partial charge in [0, 0.05) is 11.6 Å². The van der Waals surface area contributed by atoms with E-state index in [4.69, 9.17) is 14.6 Å². The third kappa shape index (κ3) is 6.45. The number of methoxy groups -OCH3 is 2. The van der Waals surface area contributed by atoms with Gasteiger partial charge in [0.15, 0.2) is 6.54 Å². The zero-order valence-electron chi connectivity index (χ0n) is 17.1. The molecule has 4 N–H and O–H groups in total. The zero-order valence-corrected chi connectivity index (χ0v) is 17.9. The number of carbonyl (C=O) groups excluding carboxylic acids is 1. The molecule has 2 rings (SSSR count). The van der Waals surface area contributed by atoms with E-state index in [1.807, 2.05) is 32.2 Å². The number of nitrogens with two attached hydrogens (primary N) is 1. The standard InChI is InChI=1S/C20H27N3O5S/c1-14(15-6-9-18(10-7-15)29(21,25)26)22-20(24)13-23(2)12-16-5-8-17(27-3)11-19(16)28-4/h5-11,14H,12-13H2,1-4H3,(H,22,24)(H2,21,25,26)/p+1/t14-/m1/s1. The van der Waals surface area contributed by atoms with E-state index in [0.717, 1.165) is 16.0 Å². The summed E-state index contributed by atoms with van der Waals surface area (Å²) in [7, 11) is 1.39. The molecule has 158 valence electrons. The van der Waals surface area contributed by atoms with Crippen molar-refractivity contribution in [2.24, 2.45) is 5.14 Å². The van der Waals surface area contributed by atoms with Crippen molar-refractivity contribution in [3.63, 3.8) is 0 Å². The van der Waals surface area contributed by atoms with Gasteiger partial charge in [-0.15, -0.1) is 0 Å². The van der Waals surface area contributed by atoms with Gasteiger partial charge in [-0.25, -0.2) is 13.6 Å². The molecule has 8 nitrogen and oxygen atoms in total. The van der Waals surface area contributed by atoms with Gasteiger partial charge in [-0.05, 0) is 36.8 Å². The number of benzene rings is 2. The lowest BCUT2D eigenvalue weighted by molar-refractivity contribution is -0.885. The van der Waals surface area contributed by atoms with Crippen molar-refractivity contribution in [1.82, 2.24) is 5.32 Å². The maximum atomic E-state index is 12.4. The van der Waals surface area contributed by atoms with Crippen LogP contribution in [0.15, 0.2) is 47.4 Å². The molecule has 0 aliphatic carbocycles. The summed E-state index contributed by atoms with van der Waals surface area (Å²) in [6.45, 7) is 2.72. The first-order chi connectivity index (χ1) is 13.6. The van der Waals surface area contributed by atoms with Crippen LogP contribution in [0.3, 0.4) is 0 Å². The number of hydrogen-bond acceptors (Lipinski definition) is 5. The number of nitrogens with one attached hydrogen (secondary N) is 2. The second-order valence-corrected chi connectivity index (χ2v) is 8.45. The van der Waals surface area contributed by atoms with E-state index in [1.54, 1.807) is 26.4 Å². The van der Waals surface area contributed by atoms with Crippen LogP contribution < -0.4 is 24.8 Å². The Kier molecular flexibility index (Phi) is 7.60. The van der Waals surface area contributed by atoms with E-state index >= 15 is 0 Å². The molecule has 2 aromatic rings. The number of sulfonamides is 1. The SMILES string of the molecule is COc1ccc(C[NH+](C)CC(=O)N[C@H](C)c2ccc(S(N)(=O)=O)cc2)c(OC)c1. The number of carbonyl (C=O) groups is 1. The molecule has 0 aromatic heterocycles. The molecule has 9 heteroatoms. The molecule has 0 bridgehead atoms. The van der Waals surface area contributed by atoms with Gasteiger partial charge in [0.2, 0.25) is 10.0 Å². The number of amides is 1. The molecule has 29 heavy (non-hydrogen) atoms. The quantitative estimate of drug-likeness (QED) is 0.536. The summed E-state index contributed by atoms with van der Waals surface area (Å²) in [5.74, 6) is 1.31. The van der Waals surface area contributed by atoms with E-state index in [2.05, 4.69) is 5.32 Å². The first-order valence-electron chi connectivity index (χ1n) is 9.08. The minimum atomic E-state index is -3.73. The van der Waals surface area contributed by atoms with Crippen molar-refractivity contribution in [2.45, 2.75) is 24.4 Å². The highest BCUT2D eigenvalue weighted by Crippen LogP contribution is 2.23. The fraction of sp³-hybridized carbons (Fsp3) is 0.350. The van der Waals surface area contributed by atoms with Gasteiger partial charge in [-0.3, -0.25) is 4.79 Å². The van der Waals surface area contributed by atoms with Crippen LogP contribution in [-0.4, -0.2) is 42.1 Å². The number of likely N-dealkylation sites (N-methyl/N-ethyl adjacent to an activating group) is 1. The minimum Gasteiger partial charge on any atom is -0.497 e. The Bertz CT molecular complexity index is 945. The fourth-order valence-electron chi connectivity index (χ4n) is 2.98. The van der Waals surface area contributed by atoms with Crippen LogP contribution in [0.4, 0.5) is 0 Å². The van der Waals surface area contributed by atoms with Gasteiger partial charge in [-0.2, -0.15) is 0 Å². The molecule has 2 atom stereocenters. The highest BCUT2D eigenvalue weighted by atomic mass is 32.2. The molecule has 0 aliphatic heterocycles. The average Bonchev–Trinajstić information content (AvgIpc) is 2.67. The molecule has 0 saturated carbocycles. The van der Waals surface area contributed by atoms with Crippen molar-refractivity contribution in [3.8, 4) is 11.5 Å². The Morgan fingerprint density at radius 2 is 1.79 bits per heavy atom. The van der Waals surface area contributed by atoms with E-state index in [-0.39, 0.29) is 23.4 Å². The Labute approximate surface area is 171 Å². The van der Waals surface area contributed by atoms with Gasteiger partial charge in [-0.1, -0.05) is 12.1 Å². The topological polar surface area (TPSA) is 112 Å². The van der Waals surface area contributed by atoms with Crippen LogP contribution in [-0.2, 0) is 21.4 Å². The van der Waals surface area contributed by atoms with Crippen LogP contribution in [0.25, 0.3) is 0 Å². The number of quaternary nitrogens is 1. The summed E-state index contributed by atoms with van der Waals surface area (Å²) in [5.41, 5.74) is 1.77. The van der Waals surface area contributed by atoms with Gasteiger partial charge >= 0.3 is 0 Å². The highest BCUT2D eigenvalue weighted by Gasteiger charge is 2.17. The van der Waals surface area contributed by atoms with Gasteiger partial charge in [0.1, 0.15) is 18.0 Å². The van der Waals surface area contributed by atoms with Gasteiger partial charge < -0.3 is 19.7 Å². The molecule has 0 aliphatic rings. The molecule has 0 spiro atoms. The molecule has 1 unspecified atom stereocenters. The van der Waals surface area contributed by atoms with Crippen molar-refractivity contribution in [1.29, 1.82) is 0 Å². The Balaban J connectivity index is 1.94. The smallest absolute Gasteiger partial charge is 0.275 e. The summed E-state index contributed by atoms with van der Waals surface area (Å²) in [5, 5.41) is 8.03. The lowest BCUT2D eigenvalue weighted by Gasteiger charge is -2.19. The summed E-state index contributed by atoms with van der Waals surface area (Å²) >= 11 is 0. The lowest BCUT2D eigenvalue weighted by Crippen LogP contribution is -3.08. The molecule has 1 amide bonds. The number of primary sulfonamides is 1. The number of hydrogen-bond donors (Lipinski definition) is 3. The first-order valence-corrected chi connectivity index (χ1v) is 10.6. The highest BCUT2D eigenvalue weighted by molar-refractivity contribution is 7.89. The maximum absolute atomic E-state index is 12.4. The van der Waals surface area contributed by atoms with Crippen molar-refractivity contribution in [2.75, 3.05) is 27.8 Å². The molecule has 2 aromatic carbocycles. The average molecular weight is 423 g/mol. The number of ether oxygens (including phenoxy) is 2. The largest absolute Gasteiger partial charge is 0.497 e. The second kappa shape index (κ2) is 9.73. The minimum absolute atomic E-state index is 0.0393. The van der Waals surface area contributed by atoms with Crippen LogP contribution in [0.2, 0.25) is 0 Å². The van der Waals surface area contributed by atoms with Crippen LogP contribution in [0.5, 0.6) is 11.5 Å². The first kappa shape index (κ1) is 22.7. The second-order valence-electron chi connectivity index (χ2n) is 6.89. The van der Waals surface area contributed by atoms with Gasteiger partial charge in [0.25, 0.3) is 5.91 Å². The third-order valence-electron chi connectivity index (χ3n) is 4.53. The number of rotatable bonds is 9. The molecular formula is C20H28N3O5S+. The molecular weight excluding hydrogens is 394 g/mol. The monoisotopic (exact) mass is 422 g/mol. The van der Waals surface area contributed by atoms with E-state index in [0.29, 0.717) is 18.0 Å². The summed E-state index contributed by atoms with van der Waals surface area (Å²) < 4.78 is 33.3. The van der Waals surface area contributed by atoms with Crippen molar-refractivity contribution < 1.29 is 27.6 Å². The molecule has 0 fully saturated rings. The maximum Gasteiger partial charge on any atom is 0.275 e. The third-order valence-corrected chi connectivity index (χ3v) is 5.46. The molecule has 0 saturated heterocycles. The van der Waals surface area contributed by atoms with E-state index in [1.165, 1.54) is 12.1 Å². The van der Waals surface area contributed by atoms with E-state index in [9.17, 15) is 13.2 Å². The summed E-state index contributed by atoms with van der Waals surface area (Å²) in [6, 6.07) is 11.5. The van der Waals surface area contributed by atoms with Crippen LogP contribution in [0, 0.1) is 0 Å². The van der Waals surface area contributed by atoms with Crippen molar-refractivity contribution in [3.05, 3.63) is 53.6 Å². The lowest BCUT2D eigenvalue weighted by atomic mass is 10.1. The molecule has 0 radical (unpaired) electrons. The van der Waals surface area contributed by atoms with Crippen LogP contribution in [0.1, 0.15) is 24.1 Å². The normalized spacial score (nSPS) is 13.4.